The first kappa shape index (κ1) is 12.7. The molecule has 1 fully saturated rings. The van der Waals surface area contributed by atoms with Crippen molar-refractivity contribution < 1.29 is 18.4 Å². The summed E-state index contributed by atoms with van der Waals surface area (Å²) in [5, 5.41) is 13.8. The van der Waals surface area contributed by atoms with E-state index in [1.165, 1.54) is 0 Å². The van der Waals surface area contributed by atoms with Crippen molar-refractivity contribution in [3.63, 3.8) is 0 Å². The molecular weight excluding hydrogens is 246 g/mol. The van der Waals surface area contributed by atoms with Crippen LogP contribution in [0.15, 0.2) is 12.1 Å². The Kier molecular flexibility index (Phi) is 3.71. The zero-order valence-electron chi connectivity index (χ0n) is 9.49. The number of nitro groups is 1. The van der Waals surface area contributed by atoms with Gasteiger partial charge in [-0.3, -0.25) is 10.1 Å². The lowest BCUT2D eigenvalue weighted by molar-refractivity contribution is -0.386. The lowest BCUT2D eigenvalue weighted by atomic mass is 10.1. The van der Waals surface area contributed by atoms with Crippen molar-refractivity contribution in [2.45, 2.75) is 6.42 Å². The molecule has 18 heavy (non-hydrogen) atoms. The van der Waals surface area contributed by atoms with Gasteiger partial charge in [0.05, 0.1) is 11.5 Å². The Morgan fingerprint density at radius 1 is 1.50 bits per heavy atom. The molecule has 1 saturated heterocycles. The van der Waals surface area contributed by atoms with Crippen molar-refractivity contribution in [3.05, 3.63) is 33.9 Å². The highest BCUT2D eigenvalue weighted by Crippen LogP contribution is 2.32. The standard InChI is InChI=1S/C11H12F2N2O3/c12-8-1-2-9(15(16)17)11(10(8)13)18-6-7-3-4-14-5-7/h1-2,7,14H,3-6H2. The van der Waals surface area contributed by atoms with E-state index in [4.69, 9.17) is 4.74 Å². The summed E-state index contributed by atoms with van der Waals surface area (Å²) in [6.07, 6.45) is 0.852. The van der Waals surface area contributed by atoms with Gasteiger partial charge >= 0.3 is 5.69 Å². The lowest BCUT2D eigenvalue weighted by Gasteiger charge is -2.11. The predicted octanol–water partition coefficient (Wildman–Crippen LogP) is 1.86. The molecular formula is C11H12F2N2O3. The van der Waals surface area contributed by atoms with Gasteiger partial charge in [-0.15, -0.1) is 0 Å². The molecule has 98 valence electrons. The maximum atomic E-state index is 13.5. The van der Waals surface area contributed by atoms with Gasteiger partial charge in [-0.25, -0.2) is 4.39 Å². The largest absolute Gasteiger partial charge is 0.484 e. The third kappa shape index (κ3) is 2.56. The van der Waals surface area contributed by atoms with E-state index in [1.807, 2.05) is 0 Å². The third-order valence-corrected chi connectivity index (χ3v) is 2.85. The molecule has 0 radical (unpaired) electrons. The van der Waals surface area contributed by atoms with Crippen LogP contribution in [0.1, 0.15) is 6.42 Å². The Labute approximate surface area is 102 Å². The molecule has 0 aromatic heterocycles. The minimum atomic E-state index is -1.31. The Morgan fingerprint density at radius 2 is 2.28 bits per heavy atom. The van der Waals surface area contributed by atoms with Gasteiger partial charge in [0.25, 0.3) is 0 Å². The highest BCUT2D eigenvalue weighted by Gasteiger charge is 2.25. The van der Waals surface area contributed by atoms with E-state index < -0.39 is 28.0 Å². The Balaban J connectivity index is 2.18. The molecule has 0 saturated carbocycles. The number of nitrogens with one attached hydrogen (secondary N) is 1. The molecule has 0 spiro atoms. The zero-order valence-corrected chi connectivity index (χ0v) is 9.49. The van der Waals surface area contributed by atoms with Crippen LogP contribution in [0.25, 0.3) is 0 Å². The Bertz CT molecular complexity index is 462. The maximum absolute atomic E-state index is 13.5. The van der Waals surface area contributed by atoms with Crippen LogP contribution in [0.4, 0.5) is 14.5 Å². The molecule has 5 nitrogen and oxygen atoms in total. The molecule has 1 aromatic carbocycles. The summed E-state index contributed by atoms with van der Waals surface area (Å²) in [7, 11) is 0. The minimum Gasteiger partial charge on any atom is -0.484 e. The third-order valence-electron chi connectivity index (χ3n) is 2.85. The number of hydrogen-bond acceptors (Lipinski definition) is 4. The quantitative estimate of drug-likeness (QED) is 0.661. The van der Waals surface area contributed by atoms with E-state index >= 15 is 0 Å². The van der Waals surface area contributed by atoms with Crippen molar-refractivity contribution in [2.75, 3.05) is 19.7 Å². The average Bonchev–Trinajstić information content (AvgIpc) is 2.83. The maximum Gasteiger partial charge on any atom is 0.314 e. The summed E-state index contributed by atoms with van der Waals surface area (Å²) in [5.74, 6) is -2.92. The number of nitrogens with zero attached hydrogens (tertiary/aromatic N) is 1. The van der Waals surface area contributed by atoms with E-state index in [1.54, 1.807) is 0 Å². The number of hydrogen-bond donors (Lipinski definition) is 1. The highest BCUT2D eigenvalue weighted by molar-refractivity contribution is 5.47. The normalized spacial score (nSPS) is 18.9. The van der Waals surface area contributed by atoms with Crippen LogP contribution in [0.3, 0.4) is 0 Å². The minimum absolute atomic E-state index is 0.133. The summed E-state index contributed by atoms with van der Waals surface area (Å²) in [4.78, 5) is 9.92. The van der Waals surface area contributed by atoms with Gasteiger partial charge in [-0.2, -0.15) is 4.39 Å². The molecule has 0 amide bonds. The van der Waals surface area contributed by atoms with Crippen LogP contribution in [0.2, 0.25) is 0 Å². The van der Waals surface area contributed by atoms with E-state index in [-0.39, 0.29) is 12.5 Å². The van der Waals surface area contributed by atoms with Crippen molar-refractivity contribution in [2.24, 2.45) is 5.92 Å². The summed E-state index contributed by atoms with van der Waals surface area (Å²) < 4.78 is 31.6. The first-order valence-electron chi connectivity index (χ1n) is 5.55. The van der Waals surface area contributed by atoms with E-state index in [9.17, 15) is 18.9 Å². The second-order valence-corrected chi connectivity index (χ2v) is 4.14. The van der Waals surface area contributed by atoms with Gasteiger partial charge in [0.15, 0.2) is 5.82 Å². The summed E-state index contributed by atoms with van der Waals surface area (Å²) in [5.41, 5.74) is -0.556. The van der Waals surface area contributed by atoms with Crippen LogP contribution in [-0.4, -0.2) is 24.6 Å². The topological polar surface area (TPSA) is 64.4 Å². The fraction of sp³-hybridized carbons (Fsp3) is 0.455. The van der Waals surface area contributed by atoms with E-state index in [2.05, 4.69) is 5.32 Å². The van der Waals surface area contributed by atoms with Crippen molar-refractivity contribution in [1.82, 2.24) is 5.32 Å². The molecule has 1 atom stereocenters. The smallest absolute Gasteiger partial charge is 0.314 e. The van der Waals surface area contributed by atoms with E-state index in [0.717, 1.165) is 25.1 Å². The van der Waals surface area contributed by atoms with Gasteiger partial charge in [0.2, 0.25) is 11.6 Å². The number of benzene rings is 1. The summed E-state index contributed by atoms with van der Waals surface area (Å²) in [6, 6.07) is 1.62. The first-order valence-corrected chi connectivity index (χ1v) is 5.55. The molecule has 1 N–H and O–H groups in total. The highest BCUT2D eigenvalue weighted by atomic mass is 19.2. The van der Waals surface area contributed by atoms with Crippen LogP contribution in [0.5, 0.6) is 5.75 Å². The molecule has 1 unspecified atom stereocenters. The molecule has 7 heteroatoms. The molecule has 1 aromatic rings. The molecule has 2 rings (SSSR count). The monoisotopic (exact) mass is 258 g/mol. The van der Waals surface area contributed by atoms with Crippen molar-refractivity contribution >= 4 is 5.69 Å². The Morgan fingerprint density at radius 3 is 2.89 bits per heavy atom. The zero-order chi connectivity index (χ0) is 13.1. The molecule has 1 aliphatic heterocycles. The fourth-order valence-electron chi connectivity index (χ4n) is 1.86. The van der Waals surface area contributed by atoms with Gasteiger partial charge in [0.1, 0.15) is 0 Å². The second-order valence-electron chi connectivity index (χ2n) is 4.14. The number of halogens is 2. The van der Waals surface area contributed by atoms with Crippen LogP contribution >= 0.6 is 0 Å². The van der Waals surface area contributed by atoms with Gasteiger partial charge < -0.3 is 10.1 Å². The van der Waals surface area contributed by atoms with Crippen LogP contribution in [-0.2, 0) is 0 Å². The second kappa shape index (κ2) is 5.26. The summed E-state index contributed by atoms with van der Waals surface area (Å²) in [6.45, 7) is 1.68. The van der Waals surface area contributed by atoms with Gasteiger partial charge in [-0.05, 0) is 19.0 Å². The van der Waals surface area contributed by atoms with Crippen LogP contribution in [0, 0.1) is 27.7 Å². The van der Waals surface area contributed by atoms with Crippen LogP contribution < -0.4 is 10.1 Å². The van der Waals surface area contributed by atoms with Gasteiger partial charge in [0, 0.05) is 18.5 Å². The van der Waals surface area contributed by atoms with Gasteiger partial charge in [-0.1, -0.05) is 0 Å². The predicted molar refractivity (Wildman–Crippen MR) is 59.5 cm³/mol. The van der Waals surface area contributed by atoms with Crippen molar-refractivity contribution in [1.29, 1.82) is 0 Å². The SMILES string of the molecule is O=[N+]([O-])c1ccc(F)c(F)c1OCC1CCNC1. The first-order chi connectivity index (χ1) is 8.59. The van der Waals surface area contributed by atoms with E-state index in [0.29, 0.717) is 6.54 Å². The van der Waals surface area contributed by atoms with Crippen molar-refractivity contribution in [3.8, 4) is 5.75 Å². The molecule has 0 aliphatic carbocycles. The Hall–Kier alpha value is -1.76. The number of rotatable bonds is 4. The summed E-state index contributed by atoms with van der Waals surface area (Å²) >= 11 is 0. The molecule has 0 bridgehead atoms. The fourth-order valence-corrected chi connectivity index (χ4v) is 1.86. The number of ether oxygens (including phenoxy) is 1. The lowest BCUT2D eigenvalue weighted by Crippen LogP contribution is -2.16. The molecule has 1 aliphatic rings. The number of nitro benzene ring substituents is 1. The average molecular weight is 258 g/mol. The molecule has 1 heterocycles.